The van der Waals surface area contributed by atoms with Gasteiger partial charge in [0.25, 0.3) is 5.91 Å². The predicted molar refractivity (Wildman–Crippen MR) is 106 cm³/mol. The Morgan fingerprint density at radius 1 is 1.11 bits per heavy atom. The van der Waals surface area contributed by atoms with Gasteiger partial charge in [-0.1, -0.05) is 31.0 Å². The summed E-state index contributed by atoms with van der Waals surface area (Å²) in [6, 6.07) is 7.50. The molecule has 4 rings (SSSR count). The number of nitrogens with one attached hydrogen (secondary N) is 2. The fourth-order valence-electron chi connectivity index (χ4n) is 4.20. The minimum atomic E-state index is -0.256. The van der Waals surface area contributed by atoms with Crippen LogP contribution >= 0.6 is 0 Å². The number of benzene rings is 1. The summed E-state index contributed by atoms with van der Waals surface area (Å²) in [7, 11) is 0. The number of aromatic amines is 1. The van der Waals surface area contributed by atoms with Gasteiger partial charge in [0.2, 0.25) is 5.91 Å². The number of aromatic nitrogens is 2. The van der Waals surface area contributed by atoms with E-state index < -0.39 is 0 Å². The minimum absolute atomic E-state index is 0.0894. The van der Waals surface area contributed by atoms with Gasteiger partial charge in [0.1, 0.15) is 0 Å². The van der Waals surface area contributed by atoms with E-state index in [9.17, 15) is 9.59 Å². The third-order valence-corrected chi connectivity index (χ3v) is 5.79. The number of hydrogen-bond donors (Lipinski definition) is 2. The molecule has 2 N–H and O–H groups in total. The van der Waals surface area contributed by atoms with E-state index in [1.54, 1.807) is 0 Å². The second-order valence-electron chi connectivity index (χ2n) is 7.75. The molecule has 0 unspecified atom stereocenters. The lowest BCUT2D eigenvalue weighted by Gasteiger charge is -2.33. The summed E-state index contributed by atoms with van der Waals surface area (Å²) in [5.74, 6) is -0.166. The largest absolute Gasteiger partial charge is 0.375 e. The highest BCUT2D eigenvalue weighted by molar-refractivity contribution is 6.04. The van der Waals surface area contributed by atoms with Crippen molar-refractivity contribution in [2.45, 2.75) is 57.2 Å². The number of para-hydroxylation sites is 1. The van der Waals surface area contributed by atoms with Crippen molar-refractivity contribution in [3.63, 3.8) is 0 Å². The van der Waals surface area contributed by atoms with Gasteiger partial charge in [-0.25, -0.2) is 0 Å². The Morgan fingerprint density at radius 2 is 1.82 bits per heavy atom. The molecular weight excluding hydrogens is 356 g/mol. The molecular formula is C21H28N4O3. The molecule has 1 saturated heterocycles. The number of piperidine rings is 1. The second-order valence-corrected chi connectivity index (χ2v) is 7.75. The van der Waals surface area contributed by atoms with Crippen LogP contribution in [0.3, 0.4) is 0 Å². The molecule has 7 heteroatoms. The van der Waals surface area contributed by atoms with Crippen molar-refractivity contribution >= 4 is 22.7 Å². The number of hydrogen-bond acceptors (Lipinski definition) is 4. The zero-order valence-electron chi connectivity index (χ0n) is 16.2. The van der Waals surface area contributed by atoms with Crippen molar-refractivity contribution in [1.29, 1.82) is 0 Å². The Hall–Kier alpha value is -2.41. The lowest BCUT2D eigenvalue weighted by molar-refractivity contribution is -0.134. The van der Waals surface area contributed by atoms with Crippen LogP contribution in [0.1, 0.15) is 55.4 Å². The fourth-order valence-corrected chi connectivity index (χ4v) is 4.20. The fraction of sp³-hybridized carbons (Fsp3) is 0.571. The van der Waals surface area contributed by atoms with Crippen LogP contribution < -0.4 is 5.32 Å². The zero-order chi connectivity index (χ0) is 19.3. The Kier molecular flexibility index (Phi) is 5.90. The maximum absolute atomic E-state index is 12.4. The molecule has 2 aliphatic rings. The number of carbonyl (C=O) groups excluding carboxylic acids is 2. The van der Waals surface area contributed by atoms with Crippen molar-refractivity contribution in [2.75, 3.05) is 19.6 Å². The maximum atomic E-state index is 12.4. The van der Waals surface area contributed by atoms with Crippen LogP contribution in [0, 0.1) is 0 Å². The normalized spacial score (nSPS) is 18.6. The van der Waals surface area contributed by atoms with E-state index in [2.05, 4.69) is 15.5 Å². The van der Waals surface area contributed by atoms with Crippen LogP contribution in [0.15, 0.2) is 24.3 Å². The molecule has 1 aliphatic heterocycles. The van der Waals surface area contributed by atoms with E-state index in [-0.39, 0.29) is 11.8 Å². The van der Waals surface area contributed by atoms with Crippen molar-refractivity contribution in [2.24, 2.45) is 0 Å². The van der Waals surface area contributed by atoms with E-state index in [1.165, 1.54) is 25.7 Å². The lowest BCUT2D eigenvalue weighted by Crippen LogP contribution is -2.42. The molecule has 1 saturated carbocycles. The number of nitrogens with zero attached hydrogens (tertiary/aromatic N) is 2. The average Bonchev–Trinajstić information content (AvgIpc) is 3.38. The molecule has 0 radical (unpaired) electrons. The number of carbonyl (C=O) groups is 2. The van der Waals surface area contributed by atoms with Crippen LogP contribution in [0.25, 0.3) is 10.9 Å². The topological polar surface area (TPSA) is 87.3 Å². The first kappa shape index (κ1) is 18.9. The number of fused-ring (bicyclic) bond motifs is 1. The summed E-state index contributed by atoms with van der Waals surface area (Å²) in [4.78, 5) is 26.7. The summed E-state index contributed by atoms with van der Waals surface area (Å²) in [5.41, 5.74) is 1.19. The summed E-state index contributed by atoms with van der Waals surface area (Å²) >= 11 is 0. The second kappa shape index (κ2) is 8.73. The first-order valence-corrected chi connectivity index (χ1v) is 10.4. The lowest BCUT2D eigenvalue weighted by atomic mass is 10.1. The molecule has 2 aromatic rings. The molecule has 1 aliphatic carbocycles. The molecule has 28 heavy (non-hydrogen) atoms. The van der Waals surface area contributed by atoms with Crippen molar-refractivity contribution in [3.05, 3.63) is 30.0 Å². The van der Waals surface area contributed by atoms with Gasteiger partial charge in [0.05, 0.1) is 17.7 Å². The monoisotopic (exact) mass is 384 g/mol. The van der Waals surface area contributed by atoms with Crippen molar-refractivity contribution in [1.82, 2.24) is 20.4 Å². The minimum Gasteiger partial charge on any atom is -0.375 e. The highest BCUT2D eigenvalue weighted by Crippen LogP contribution is 2.25. The molecule has 2 amide bonds. The van der Waals surface area contributed by atoms with Gasteiger partial charge in [-0.05, 0) is 31.7 Å². The van der Waals surface area contributed by atoms with Crippen LogP contribution in [-0.4, -0.2) is 58.8 Å². The molecule has 2 fully saturated rings. The van der Waals surface area contributed by atoms with Gasteiger partial charge in [0, 0.05) is 31.4 Å². The zero-order valence-corrected chi connectivity index (χ0v) is 16.2. The Balaban J connectivity index is 1.19. The van der Waals surface area contributed by atoms with Gasteiger partial charge in [0.15, 0.2) is 5.69 Å². The predicted octanol–water partition coefficient (Wildman–Crippen LogP) is 2.63. The van der Waals surface area contributed by atoms with Crippen LogP contribution in [0.5, 0.6) is 0 Å². The van der Waals surface area contributed by atoms with Crippen LogP contribution in [0.2, 0.25) is 0 Å². The maximum Gasteiger partial charge on any atom is 0.272 e. The molecule has 1 aromatic heterocycles. The first-order chi connectivity index (χ1) is 13.7. The molecule has 7 nitrogen and oxygen atoms in total. The molecule has 0 atom stereocenters. The van der Waals surface area contributed by atoms with E-state index in [0.717, 1.165) is 36.8 Å². The van der Waals surface area contributed by atoms with E-state index in [1.807, 2.05) is 29.2 Å². The summed E-state index contributed by atoms with van der Waals surface area (Å²) in [6.45, 7) is 1.81. The van der Waals surface area contributed by atoms with Crippen molar-refractivity contribution < 1.29 is 14.3 Å². The quantitative estimate of drug-likeness (QED) is 0.801. The van der Waals surface area contributed by atoms with Gasteiger partial charge >= 0.3 is 0 Å². The van der Waals surface area contributed by atoms with Crippen LogP contribution in [-0.2, 0) is 9.53 Å². The summed E-state index contributed by atoms with van der Waals surface area (Å²) in [6.07, 6.45) is 7.78. The van der Waals surface area contributed by atoms with Gasteiger partial charge < -0.3 is 15.0 Å². The average molecular weight is 384 g/mol. The first-order valence-electron chi connectivity index (χ1n) is 10.4. The van der Waals surface area contributed by atoms with Gasteiger partial charge in [-0.2, -0.15) is 5.10 Å². The molecule has 0 bridgehead atoms. The van der Waals surface area contributed by atoms with E-state index in [4.69, 9.17) is 4.74 Å². The standard InChI is InChI=1S/C21H28N4O3/c26-19(25-13-10-16(11-14-25)28-15-5-1-2-6-15)9-12-22-21(27)20-17-7-3-4-8-18(17)23-24-20/h3-4,7-8,15-16H,1-2,5-6,9-14H2,(H,22,27)(H,23,24). The number of H-pyrrole nitrogens is 1. The van der Waals surface area contributed by atoms with E-state index in [0.29, 0.717) is 30.9 Å². The molecule has 2 heterocycles. The molecule has 0 spiro atoms. The van der Waals surface area contributed by atoms with Crippen molar-refractivity contribution in [3.8, 4) is 0 Å². The highest BCUT2D eigenvalue weighted by atomic mass is 16.5. The molecule has 1 aromatic carbocycles. The smallest absolute Gasteiger partial charge is 0.272 e. The number of ether oxygens (including phenoxy) is 1. The Bertz CT molecular complexity index is 820. The Labute approximate surface area is 164 Å². The summed E-state index contributed by atoms with van der Waals surface area (Å²) in [5, 5.41) is 10.5. The third-order valence-electron chi connectivity index (χ3n) is 5.79. The SMILES string of the molecule is O=C(NCCC(=O)N1CCC(OC2CCCC2)CC1)c1n[nH]c2ccccc12. The number of amides is 2. The third kappa shape index (κ3) is 4.35. The van der Waals surface area contributed by atoms with Crippen LogP contribution in [0.4, 0.5) is 0 Å². The summed E-state index contributed by atoms with van der Waals surface area (Å²) < 4.78 is 6.16. The van der Waals surface area contributed by atoms with Gasteiger partial charge in [-0.15, -0.1) is 0 Å². The number of likely N-dealkylation sites (tertiary alicyclic amines) is 1. The highest BCUT2D eigenvalue weighted by Gasteiger charge is 2.26. The van der Waals surface area contributed by atoms with E-state index >= 15 is 0 Å². The molecule has 150 valence electrons. The number of rotatable bonds is 6. The van der Waals surface area contributed by atoms with Gasteiger partial charge in [-0.3, -0.25) is 14.7 Å². The Morgan fingerprint density at radius 3 is 2.61 bits per heavy atom.